The number of sulfonamides is 1. The third-order valence-electron chi connectivity index (χ3n) is 3.97. The summed E-state index contributed by atoms with van der Waals surface area (Å²) in [6.45, 7) is 5.26. The lowest BCUT2D eigenvalue weighted by Gasteiger charge is -2.20. The maximum atomic E-state index is 12.5. The Bertz CT molecular complexity index is 1050. The van der Waals surface area contributed by atoms with E-state index < -0.39 is 21.5 Å². The van der Waals surface area contributed by atoms with E-state index in [-0.39, 0.29) is 4.90 Å². The van der Waals surface area contributed by atoms with Gasteiger partial charge >= 0.3 is 0 Å². The summed E-state index contributed by atoms with van der Waals surface area (Å²) in [5, 5.41) is 2.66. The maximum absolute atomic E-state index is 12.5. The van der Waals surface area contributed by atoms with Crippen molar-refractivity contribution in [2.75, 3.05) is 26.6 Å². The fourth-order valence-electron chi connectivity index (χ4n) is 2.76. The number of amides is 1. The van der Waals surface area contributed by atoms with E-state index in [1.54, 1.807) is 51.1 Å². The summed E-state index contributed by atoms with van der Waals surface area (Å²) in [7, 11) is 0.810. The van der Waals surface area contributed by atoms with Gasteiger partial charge in [0, 0.05) is 17.3 Å². The SMILES string of the molecule is COc1cc(/C=C/C(=O)Nc2cccc(S(=O)(=O)NC(C)(C)C)c2)cc(OC)c1OC. The first-order valence-corrected chi connectivity index (χ1v) is 10.9. The van der Waals surface area contributed by atoms with Crippen molar-refractivity contribution in [3.63, 3.8) is 0 Å². The third-order valence-corrected chi connectivity index (χ3v) is 5.72. The molecule has 168 valence electrons. The summed E-state index contributed by atoms with van der Waals surface area (Å²) in [6.07, 6.45) is 2.91. The van der Waals surface area contributed by atoms with Gasteiger partial charge in [0.25, 0.3) is 0 Å². The van der Waals surface area contributed by atoms with Crippen LogP contribution in [-0.2, 0) is 14.8 Å². The van der Waals surface area contributed by atoms with Gasteiger partial charge in [0.05, 0.1) is 26.2 Å². The summed E-state index contributed by atoms with van der Waals surface area (Å²) in [5.74, 6) is 0.956. The van der Waals surface area contributed by atoms with Crippen molar-refractivity contribution in [2.24, 2.45) is 0 Å². The Morgan fingerprint density at radius 1 is 0.968 bits per heavy atom. The van der Waals surface area contributed by atoms with Crippen molar-refractivity contribution in [1.82, 2.24) is 4.72 Å². The molecule has 0 atom stereocenters. The highest BCUT2D eigenvalue weighted by molar-refractivity contribution is 7.89. The molecule has 31 heavy (non-hydrogen) atoms. The number of hydrogen-bond acceptors (Lipinski definition) is 6. The molecule has 2 rings (SSSR count). The molecule has 0 radical (unpaired) electrons. The Morgan fingerprint density at radius 2 is 1.58 bits per heavy atom. The van der Waals surface area contributed by atoms with Crippen LogP contribution in [0.1, 0.15) is 26.3 Å². The first-order valence-electron chi connectivity index (χ1n) is 9.42. The van der Waals surface area contributed by atoms with Gasteiger partial charge in [0.1, 0.15) is 0 Å². The number of nitrogens with one attached hydrogen (secondary N) is 2. The average Bonchev–Trinajstić information content (AvgIpc) is 2.69. The molecule has 0 aromatic heterocycles. The molecule has 8 nitrogen and oxygen atoms in total. The van der Waals surface area contributed by atoms with E-state index in [1.807, 2.05) is 0 Å². The zero-order valence-corrected chi connectivity index (χ0v) is 19.3. The van der Waals surface area contributed by atoms with Crippen molar-refractivity contribution in [3.8, 4) is 17.2 Å². The van der Waals surface area contributed by atoms with Crippen LogP contribution in [0, 0.1) is 0 Å². The van der Waals surface area contributed by atoms with Gasteiger partial charge < -0.3 is 19.5 Å². The molecule has 2 aromatic carbocycles. The molecule has 0 aliphatic rings. The molecule has 1 amide bonds. The fraction of sp³-hybridized carbons (Fsp3) is 0.318. The molecule has 0 saturated carbocycles. The van der Waals surface area contributed by atoms with E-state index in [1.165, 1.54) is 39.5 Å². The summed E-state index contributed by atoms with van der Waals surface area (Å²) < 4.78 is 43.5. The van der Waals surface area contributed by atoms with Crippen LogP contribution in [0.4, 0.5) is 5.69 Å². The monoisotopic (exact) mass is 448 g/mol. The Morgan fingerprint density at radius 3 is 2.10 bits per heavy atom. The number of rotatable bonds is 8. The van der Waals surface area contributed by atoms with Gasteiger partial charge in [0.15, 0.2) is 11.5 Å². The number of hydrogen-bond donors (Lipinski definition) is 2. The highest BCUT2D eigenvalue weighted by Gasteiger charge is 2.22. The highest BCUT2D eigenvalue weighted by Crippen LogP contribution is 2.38. The van der Waals surface area contributed by atoms with Crippen LogP contribution in [0.5, 0.6) is 17.2 Å². The first-order chi connectivity index (χ1) is 14.5. The lowest BCUT2D eigenvalue weighted by atomic mass is 10.1. The zero-order chi connectivity index (χ0) is 23.2. The molecule has 0 heterocycles. The van der Waals surface area contributed by atoms with E-state index in [9.17, 15) is 13.2 Å². The van der Waals surface area contributed by atoms with E-state index in [4.69, 9.17) is 14.2 Å². The summed E-state index contributed by atoms with van der Waals surface area (Å²) in [6, 6.07) is 9.46. The van der Waals surface area contributed by atoms with Crippen LogP contribution in [0.15, 0.2) is 47.4 Å². The molecule has 0 unspecified atom stereocenters. The topological polar surface area (TPSA) is 103 Å². The number of ether oxygens (including phenoxy) is 3. The minimum Gasteiger partial charge on any atom is -0.493 e. The molecule has 9 heteroatoms. The van der Waals surface area contributed by atoms with Gasteiger partial charge in [-0.2, -0.15) is 0 Å². The van der Waals surface area contributed by atoms with Gasteiger partial charge in [-0.25, -0.2) is 13.1 Å². The Balaban J connectivity index is 2.19. The number of benzene rings is 2. The molecule has 0 aliphatic carbocycles. The maximum Gasteiger partial charge on any atom is 0.248 e. The Hall–Kier alpha value is -3.04. The van der Waals surface area contributed by atoms with E-state index >= 15 is 0 Å². The largest absolute Gasteiger partial charge is 0.493 e. The second-order valence-corrected chi connectivity index (χ2v) is 9.35. The van der Waals surface area contributed by atoms with Crippen LogP contribution >= 0.6 is 0 Å². The molecular formula is C22H28N2O6S. The van der Waals surface area contributed by atoms with E-state index in [0.29, 0.717) is 28.5 Å². The number of anilines is 1. The zero-order valence-electron chi connectivity index (χ0n) is 18.5. The van der Waals surface area contributed by atoms with Gasteiger partial charge in [-0.05, 0) is 62.7 Å². The minimum atomic E-state index is -3.71. The molecular weight excluding hydrogens is 420 g/mol. The molecule has 0 spiro atoms. The smallest absolute Gasteiger partial charge is 0.248 e. The van der Waals surface area contributed by atoms with Crippen molar-refractivity contribution < 1.29 is 27.4 Å². The first kappa shape index (κ1) is 24.2. The molecule has 0 aliphatic heterocycles. The quantitative estimate of drug-likeness (QED) is 0.600. The summed E-state index contributed by atoms with van der Waals surface area (Å²) in [4.78, 5) is 12.4. The Kier molecular flexibility index (Phi) is 7.70. The van der Waals surface area contributed by atoms with Gasteiger partial charge in [0.2, 0.25) is 21.7 Å². The number of carbonyl (C=O) groups is 1. The molecule has 0 bridgehead atoms. The van der Waals surface area contributed by atoms with Gasteiger partial charge in [-0.1, -0.05) is 6.07 Å². The highest BCUT2D eigenvalue weighted by atomic mass is 32.2. The standard InChI is InChI=1S/C22H28N2O6S/c1-22(2,3)24-31(26,27)17-9-7-8-16(14-17)23-20(25)11-10-15-12-18(28-4)21(30-6)19(13-15)29-5/h7-14,24H,1-6H3,(H,23,25)/b11-10+. The molecule has 2 aromatic rings. The lowest BCUT2D eigenvalue weighted by molar-refractivity contribution is -0.111. The van der Waals surface area contributed by atoms with Crippen molar-refractivity contribution in [3.05, 3.63) is 48.0 Å². The third kappa shape index (κ3) is 6.73. The molecule has 0 fully saturated rings. The fourth-order valence-corrected chi connectivity index (χ4v) is 4.22. The number of methoxy groups -OCH3 is 3. The van der Waals surface area contributed by atoms with Gasteiger partial charge in [-0.3, -0.25) is 4.79 Å². The number of carbonyl (C=O) groups excluding carboxylic acids is 1. The molecule has 2 N–H and O–H groups in total. The van der Waals surface area contributed by atoms with Crippen LogP contribution in [0.2, 0.25) is 0 Å². The van der Waals surface area contributed by atoms with Crippen LogP contribution in [0.25, 0.3) is 6.08 Å². The summed E-state index contributed by atoms with van der Waals surface area (Å²) in [5.41, 5.74) is 0.396. The minimum absolute atomic E-state index is 0.0637. The van der Waals surface area contributed by atoms with Crippen LogP contribution in [-0.4, -0.2) is 41.2 Å². The summed E-state index contributed by atoms with van der Waals surface area (Å²) >= 11 is 0. The lowest BCUT2D eigenvalue weighted by Crippen LogP contribution is -2.40. The van der Waals surface area contributed by atoms with Crippen molar-refractivity contribution >= 4 is 27.7 Å². The van der Waals surface area contributed by atoms with Crippen molar-refractivity contribution in [1.29, 1.82) is 0 Å². The predicted molar refractivity (Wildman–Crippen MR) is 120 cm³/mol. The predicted octanol–water partition coefficient (Wildman–Crippen LogP) is 3.44. The van der Waals surface area contributed by atoms with Crippen molar-refractivity contribution in [2.45, 2.75) is 31.2 Å². The second kappa shape index (κ2) is 9.84. The second-order valence-electron chi connectivity index (χ2n) is 7.66. The Labute approximate surface area is 183 Å². The molecule has 0 saturated heterocycles. The van der Waals surface area contributed by atoms with Gasteiger partial charge in [-0.15, -0.1) is 0 Å². The normalized spacial score (nSPS) is 11.9. The van der Waals surface area contributed by atoms with Crippen LogP contribution in [0.3, 0.4) is 0 Å². The average molecular weight is 449 g/mol. The van der Waals surface area contributed by atoms with E-state index in [0.717, 1.165) is 0 Å². The van der Waals surface area contributed by atoms with E-state index in [2.05, 4.69) is 10.0 Å². The van der Waals surface area contributed by atoms with Crippen LogP contribution < -0.4 is 24.2 Å².